The molecule has 0 saturated carbocycles. The fraction of sp³-hybridized carbons (Fsp3) is 1.00. The molecule has 1 saturated heterocycles. The summed E-state index contributed by atoms with van der Waals surface area (Å²) in [6, 6.07) is 0. The van der Waals surface area contributed by atoms with Crippen LogP contribution in [0.4, 0.5) is 0 Å². The summed E-state index contributed by atoms with van der Waals surface area (Å²) in [6.07, 6.45) is 5.72. The van der Waals surface area contributed by atoms with Crippen molar-refractivity contribution in [2.24, 2.45) is 5.41 Å². The maximum absolute atomic E-state index is 5.76. The highest BCUT2D eigenvalue weighted by Gasteiger charge is 2.20. The third-order valence-electron chi connectivity index (χ3n) is 3.77. The van der Waals surface area contributed by atoms with E-state index in [9.17, 15) is 0 Å². The summed E-state index contributed by atoms with van der Waals surface area (Å²) in [5.74, 6) is 0. The van der Waals surface area contributed by atoms with Gasteiger partial charge < -0.3 is 15.0 Å². The Bertz CT molecular complexity index is 219. The first-order valence-corrected chi connectivity index (χ1v) is 7.54. The zero-order chi connectivity index (χ0) is 13.4. The monoisotopic (exact) mass is 256 g/mol. The average molecular weight is 256 g/mol. The van der Waals surface area contributed by atoms with E-state index in [1.54, 1.807) is 0 Å². The molecule has 108 valence electrons. The number of nitrogens with one attached hydrogen (secondary N) is 1. The van der Waals surface area contributed by atoms with Gasteiger partial charge in [-0.05, 0) is 18.9 Å². The van der Waals surface area contributed by atoms with Gasteiger partial charge in [-0.2, -0.15) is 0 Å². The van der Waals surface area contributed by atoms with Crippen LogP contribution in [0.5, 0.6) is 0 Å². The zero-order valence-corrected chi connectivity index (χ0v) is 12.8. The molecule has 1 heterocycles. The fourth-order valence-electron chi connectivity index (χ4n) is 2.50. The molecule has 1 atom stereocenters. The summed E-state index contributed by atoms with van der Waals surface area (Å²) in [7, 11) is 2.17. The molecule has 0 spiro atoms. The second-order valence-corrected chi connectivity index (χ2v) is 6.51. The summed E-state index contributed by atoms with van der Waals surface area (Å²) in [5, 5.41) is 3.59. The van der Waals surface area contributed by atoms with Gasteiger partial charge in [0.2, 0.25) is 0 Å². The molecule has 1 aliphatic heterocycles. The van der Waals surface area contributed by atoms with Gasteiger partial charge in [0.1, 0.15) is 0 Å². The first-order valence-electron chi connectivity index (χ1n) is 7.54. The molecule has 1 aliphatic rings. The second-order valence-electron chi connectivity index (χ2n) is 6.51. The Morgan fingerprint density at radius 2 is 2.11 bits per heavy atom. The first kappa shape index (κ1) is 15.9. The summed E-state index contributed by atoms with van der Waals surface area (Å²) < 4.78 is 5.76. The van der Waals surface area contributed by atoms with Gasteiger partial charge in [0.25, 0.3) is 0 Å². The lowest BCUT2D eigenvalue weighted by molar-refractivity contribution is -0.0189. The van der Waals surface area contributed by atoms with Crippen molar-refractivity contribution in [1.82, 2.24) is 10.2 Å². The van der Waals surface area contributed by atoms with E-state index in [-0.39, 0.29) is 0 Å². The number of hydrogen-bond donors (Lipinski definition) is 1. The molecular weight excluding hydrogens is 224 g/mol. The molecule has 0 aromatic heterocycles. The van der Waals surface area contributed by atoms with Crippen molar-refractivity contribution >= 4 is 0 Å². The normalized spacial score (nSPS) is 22.3. The Hall–Kier alpha value is -0.120. The van der Waals surface area contributed by atoms with Crippen LogP contribution in [0.3, 0.4) is 0 Å². The molecule has 0 aliphatic carbocycles. The van der Waals surface area contributed by atoms with E-state index in [1.165, 1.54) is 25.7 Å². The molecule has 0 radical (unpaired) electrons. The lowest BCUT2D eigenvalue weighted by Crippen LogP contribution is -2.46. The van der Waals surface area contributed by atoms with Gasteiger partial charge >= 0.3 is 0 Å². The van der Waals surface area contributed by atoms with Crippen LogP contribution in [-0.2, 0) is 4.74 Å². The number of hydrogen-bond acceptors (Lipinski definition) is 3. The van der Waals surface area contributed by atoms with Gasteiger partial charge in [-0.1, -0.05) is 40.0 Å². The molecule has 1 rings (SSSR count). The van der Waals surface area contributed by atoms with Crippen molar-refractivity contribution < 1.29 is 4.74 Å². The van der Waals surface area contributed by atoms with Crippen molar-refractivity contribution in [2.75, 3.05) is 39.8 Å². The summed E-state index contributed by atoms with van der Waals surface area (Å²) in [6.45, 7) is 12.1. The van der Waals surface area contributed by atoms with Gasteiger partial charge in [-0.25, -0.2) is 0 Å². The van der Waals surface area contributed by atoms with Crippen LogP contribution in [0.15, 0.2) is 0 Å². The summed E-state index contributed by atoms with van der Waals surface area (Å²) in [4.78, 5) is 2.35. The molecule has 0 aromatic carbocycles. The SMILES string of the molecule is CCCCCC(C)(C)CNCC1CN(C)CCO1. The highest BCUT2D eigenvalue weighted by Crippen LogP contribution is 2.22. The predicted octanol–water partition coefficient (Wildman–Crippen LogP) is 2.51. The standard InChI is InChI=1S/C15H32N2O/c1-5-6-7-8-15(2,3)13-16-11-14-12-17(4)9-10-18-14/h14,16H,5-13H2,1-4H3. The van der Waals surface area contributed by atoms with Crippen LogP contribution in [0.1, 0.15) is 46.5 Å². The van der Waals surface area contributed by atoms with E-state index in [4.69, 9.17) is 4.74 Å². The van der Waals surface area contributed by atoms with Crippen molar-refractivity contribution in [3.8, 4) is 0 Å². The van der Waals surface area contributed by atoms with Gasteiger partial charge in [-0.15, -0.1) is 0 Å². The zero-order valence-electron chi connectivity index (χ0n) is 12.8. The number of ether oxygens (including phenoxy) is 1. The third kappa shape index (κ3) is 6.72. The third-order valence-corrected chi connectivity index (χ3v) is 3.77. The molecule has 3 heteroatoms. The minimum absolute atomic E-state index is 0.371. The fourth-order valence-corrected chi connectivity index (χ4v) is 2.50. The molecule has 3 nitrogen and oxygen atoms in total. The highest BCUT2D eigenvalue weighted by atomic mass is 16.5. The van der Waals surface area contributed by atoms with Crippen molar-refractivity contribution in [2.45, 2.75) is 52.6 Å². The van der Waals surface area contributed by atoms with Crippen LogP contribution in [0, 0.1) is 5.41 Å². The Morgan fingerprint density at radius 3 is 2.78 bits per heavy atom. The van der Waals surface area contributed by atoms with E-state index in [1.807, 2.05) is 0 Å². The van der Waals surface area contributed by atoms with E-state index in [2.05, 4.69) is 38.0 Å². The van der Waals surface area contributed by atoms with E-state index in [0.717, 1.165) is 32.8 Å². The summed E-state index contributed by atoms with van der Waals surface area (Å²) >= 11 is 0. The van der Waals surface area contributed by atoms with Crippen LogP contribution >= 0.6 is 0 Å². The van der Waals surface area contributed by atoms with Gasteiger partial charge in [0, 0.05) is 26.2 Å². The second kappa shape index (κ2) is 8.13. The lowest BCUT2D eigenvalue weighted by Gasteiger charge is -2.31. The van der Waals surface area contributed by atoms with Gasteiger partial charge in [-0.3, -0.25) is 0 Å². The van der Waals surface area contributed by atoms with E-state index < -0.39 is 0 Å². The molecule has 0 amide bonds. The Kier molecular flexibility index (Phi) is 7.20. The van der Waals surface area contributed by atoms with Gasteiger partial charge in [0.05, 0.1) is 12.7 Å². The average Bonchev–Trinajstić information content (AvgIpc) is 2.29. The molecule has 1 unspecified atom stereocenters. The minimum Gasteiger partial charge on any atom is -0.374 e. The van der Waals surface area contributed by atoms with E-state index >= 15 is 0 Å². The van der Waals surface area contributed by atoms with Crippen molar-refractivity contribution in [1.29, 1.82) is 0 Å². The molecule has 1 fully saturated rings. The van der Waals surface area contributed by atoms with Crippen LogP contribution in [-0.4, -0.2) is 50.8 Å². The number of nitrogens with zero attached hydrogens (tertiary/aromatic N) is 1. The highest BCUT2D eigenvalue weighted by molar-refractivity contribution is 4.75. The Labute approximate surface area is 113 Å². The number of likely N-dealkylation sites (N-methyl/N-ethyl adjacent to an activating group) is 1. The smallest absolute Gasteiger partial charge is 0.0826 e. The number of unbranched alkanes of at least 4 members (excludes halogenated alkanes) is 2. The van der Waals surface area contributed by atoms with E-state index in [0.29, 0.717) is 11.5 Å². The summed E-state index contributed by atoms with van der Waals surface area (Å²) in [5.41, 5.74) is 0.412. The Balaban J connectivity index is 2.11. The maximum atomic E-state index is 5.76. The number of rotatable bonds is 8. The van der Waals surface area contributed by atoms with Crippen molar-refractivity contribution in [3.05, 3.63) is 0 Å². The maximum Gasteiger partial charge on any atom is 0.0826 e. The van der Waals surface area contributed by atoms with Crippen LogP contribution in [0.25, 0.3) is 0 Å². The molecule has 0 aromatic rings. The molecule has 1 N–H and O–H groups in total. The quantitative estimate of drug-likeness (QED) is 0.675. The first-order chi connectivity index (χ1) is 8.53. The Morgan fingerprint density at radius 1 is 1.33 bits per heavy atom. The van der Waals surface area contributed by atoms with Crippen LogP contribution in [0.2, 0.25) is 0 Å². The lowest BCUT2D eigenvalue weighted by atomic mass is 9.87. The van der Waals surface area contributed by atoms with Gasteiger partial charge in [0.15, 0.2) is 0 Å². The molecular formula is C15H32N2O. The minimum atomic E-state index is 0.371. The van der Waals surface area contributed by atoms with Crippen LogP contribution < -0.4 is 5.32 Å². The number of morpholine rings is 1. The van der Waals surface area contributed by atoms with Crippen molar-refractivity contribution in [3.63, 3.8) is 0 Å². The topological polar surface area (TPSA) is 24.5 Å². The molecule has 0 bridgehead atoms. The largest absolute Gasteiger partial charge is 0.374 e. The predicted molar refractivity (Wildman–Crippen MR) is 78.0 cm³/mol. The molecule has 18 heavy (non-hydrogen) atoms.